The number of carbonyl (C=O) groups is 2. The van der Waals surface area contributed by atoms with Crippen LogP contribution >= 0.6 is 0 Å². The molecule has 0 amide bonds. The van der Waals surface area contributed by atoms with Gasteiger partial charge in [0.05, 0.1) is 18.5 Å². The maximum absolute atomic E-state index is 10.5. The Kier molecular flexibility index (Phi) is 26.1. The van der Waals surface area contributed by atoms with E-state index in [1.54, 1.807) is 0 Å². The van der Waals surface area contributed by atoms with Gasteiger partial charge in [-0.1, -0.05) is 6.47 Å². The molecule has 1 N–H and O–H groups in total. The summed E-state index contributed by atoms with van der Waals surface area (Å²) in [5.41, 5.74) is 0. The van der Waals surface area contributed by atoms with E-state index in [1.807, 2.05) is 0 Å². The fraction of sp³-hybridized carbons (Fsp3) is 0.700. The third kappa shape index (κ3) is 18.1. The molecule has 0 saturated carbocycles. The largest absolute Gasteiger partial charge is 1.00 e. The maximum atomic E-state index is 10.5. The van der Waals surface area contributed by atoms with Crippen LogP contribution in [0.3, 0.4) is 0 Å². The molecule has 0 bridgehead atoms. The molecule has 0 saturated heterocycles. The zero-order valence-corrected chi connectivity index (χ0v) is 13.2. The molecule has 0 aromatic rings. The van der Waals surface area contributed by atoms with Gasteiger partial charge in [0.1, 0.15) is 6.73 Å². The Balaban J connectivity index is -0.000000540. The predicted octanol–water partition coefficient (Wildman–Crippen LogP) is -13.9. The van der Waals surface area contributed by atoms with Gasteiger partial charge in [0.2, 0.25) is 0 Å². The van der Waals surface area contributed by atoms with Crippen molar-refractivity contribution in [2.45, 2.75) is 0 Å². The predicted molar refractivity (Wildman–Crippen MR) is 56.8 cm³/mol. The van der Waals surface area contributed by atoms with Crippen molar-refractivity contribution in [2.24, 2.45) is 0 Å². The standard InChI is InChI=1S/C10H17N2O7.3Li/c13-4-3-11(5-9(15)16)1-2-12(6-10(17)18)7-19-8-14;;;/h13H,1-7H2,(H,15,16)(H,17,18);;;/q-1;3*+1/p-2. The molecule has 0 aliphatic rings. The summed E-state index contributed by atoms with van der Waals surface area (Å²) in [5.74, 6) is -2.67. The summed E-state index contributed by atoms with van der Waals surface area (Å²) in [7, 11) is 0. The van der Waals surface area contributed by atoms with E-state index in [-0.39, 0.29) is 96.1 Å². The van der Waals surface area contributed by atoms with Crippen molar-refractivity contribution < 1.29 is 91.0 Å². The molecule has 0 atom stereocenters. The first-order chi connectivity index (χ1) is 8.99. The van der Waals surface area contributed by atoms with E-state index in [0.29, 0.717) is 0 Å². The Labute approximate surface area is 164 Å². The molecule has 0 heterocycles. The van der Waals surface area contributed by atoms with Gasteiger partial charge in [0.15, 0.2) is 0 Å². The van der Waals surface area contributed by atoms with Gasteiger partial charge in [-0.3, -0.25) is 9.80 Å². The first-order valence-electron chi connectivity index (χ1n) is 5.43. The number of rotatable bonds is 12. The SMILES string of the molecule is O=[C-]OCN(CCN(CCO)CC(=O)[O-])CC(=O)[O-].[Li+].[Li+].[Li+]. The quantitative estimate of drug-likeness (QED) is 0.211. The van der Waals surface area contributed by atoms with E-state index in [1.165, 1.54) is 9.80 Å². The van der Waals surface area contributed by atoms with Crippen LogP contribution in [0.25, 0.3) is 0 Å². The normalized spacial score (nSPS) is 9.23. The molecule has 110 valence electrons. The molecule has 0 aromatic heterocycles. The zero-order valence-electron chi connectivity index (χ0n) is 13.2. The third-order valence-electron chi connectivity index (χ3n) is 2.16. The number of hydrogen-bond donors (Lipinski definition) is 1. The molecule has 0 rings (SSSR count). The first-order valence-corrected chi connectivity index (χ1v) is 5.43. The van der Waals surface area contributed by atoms with E-state index in [9.17, 15) is 24.6 Å². The number of aliphatic carboxylic acids is 2. The molecule has 0 spiro atoms. The minimum atomic E-state index is -1.36. The van der Waals surface area contributed by atoms with Gasteiger partial charge < -0.3 is 34.4 Å². The molecular weight excluding hydrogens is 281 g/mol. The molecule has 22 heavy (non-hydrogen) atoms. The smallest absolute Gasteiger partial charge is 0.642 e. The Morgan fingerprint density at radius 1 is 0.955 bits per heavy atom. The minimum Gasteiger partial charge on any atom is -0.642 e. The van der Waals surface area contributed by atoms with Crippen LogP contribution in [0, 0.1) is 0 Å². The van der Waals surface area contributed by atoms with Gasteiger partial charge in [-0.2, -0.15) is 0 Å². The molecule has 0 aliphatic heterocycles. The van der Waals surface area contributed by atoms with Gasteiger partial charge in [-0.15, -0.1) is 0 Å². The number of carboxylic acids is 2. The van der Waals surface area contributed by atoms with Gasteiger partial charge in [-0.05, 0) is 0 Å². The summed E-state index contributed by atoms with van der Waals surface area (Å²) < 4.78 is 4.30. The van der Waals surface area contributed by atoms with Gasteiger partial charge in [0, 0.05) is 32.7 Å². The number of carboxylic acid groups (broad SMARTS) is 2. The van der Waals surface area contributed by atoms with Crippen LogP contribution in [0.15, 0.2) is 0 Å². The van der Waals surface area contributed by atoms with E-state index < -0.39 is 18.5 Å². The monoisotopic (exact) mass is 296 g/mol. The Morgan fingerprint density at radius 3 is 1.82 bits per heavy atom. The van der Waals surface area contributed by atoms with Crippen molar-refractivity contribution in [3.63, 3.8) is 0 Å². The molecule has 12 heteroatoms. The molecule has 0 radical (unpaired) electrons. The fourth-order valence-electron chi connectivity index (χ4n) is 1.37. The number of nitrogens with zero attached hydrogens (tertiary/aromatic N) is 2. The van der Waals surface area contributed by atoms with Crippen LogP contribution in [0.1, 0.15) is 0 Å². The molecule has 0 fully saturated rings. The van der Waals surface area contributed by atoms with Crippen molar-refractivity contribution in [3.05, 3.63) is 0 Å². The van der Waals surface area contributed by atoms with Crippen LogP contribution in [0.2, 0.25) is 0 Å². The zero-order chi connectivity index (χ0) is 14.7. The molecule has 0 aromatic carbocycles. The number of hydrogen-bond acceptors (Lipinski definition) is 9. The van der Waals surface area contributed by atoms with E-state index in [0.717, 1.165) is 6.47 Å². The van der Waals surface area contributed by atoms with Crippen molar-refractivity contribution >= 4 is 18.4 Å². The van der Waals surface area contributed by atoms with Crippen LogP contribution < -0.4 is 66.8 Å². The summed E-state index contributed by atoms with van der Waals surface area (Å²) >= 11 is 0. The summed E-state index contributed by atoms with van der Waals surface area (Å²) in [4.78, 5) is 33.4. The molecule has 0 unspecified atom stereocenters. The minimum absolute atomic E-state index is 0. The first kappa shape index (κ1) is 30.0. The maximum Gasteiger partial charge on any atom is 1.00 e. The van der Waals surface area contributed by atoms with E-state index in [2.05, 4.69) is 4.74 Å². The Morgan fingerprint density at radius 2 is 1.41 bits per heavy atom. The third-order valence-corrected chi connectivity index (χ3v) is 2.16. The topological polar surface area (TPSA) is 133 Å². The second-order valence-corrected chi connectivity index (χ2v) is 3.65. The summed E-state index contributed by atoms with van der Waals surface area (Å²) in [6.07, 6.45) is 0. The molecule has 0 aliphatic carbocycles. The number of aliphatic hydroxyl groups excluding tert-OH is 1. The Hall–Kier alpha value is 0.0822. The van der Waals surface area contributed by atoms with Crippen LogP contribution in [-0.2, 0) is 19.1 Å². The van der Waals surface area contributed by atoms with Crippen molar-refractivity contribution in [2.75, 3.05) is 46.1 Å². The molecular formula is C10H15Li3N2O7. The number of carbonyl (C=O) groups excluding carboxylic acids is 3. The van der Waals surface area contributed by atoms with Crippen LogP contribution in [0.4, 0.5) is 0 Å². The molecule has 9 nitrogen and oxygen atoms in total. The van der Waals surface area contributed by atoms with Crippen LogP contribution in [-0.4, -0.2) is 79.4 Å². The second-order valence-electron chi connectivity index (χ2n) is 3.65. The summed E-state index contributed by atoms with van der Waals surface area (Å²) in [6.45, 7) is 0.129. The van der Waals surface area contributed by atoms with Gasteiger partial charge in [-0.25, -0.2) is 0 Å². The average Bonchev–Trinajstić information content (AvgIpc) is 2.31. The number of ether oxygens (including phenoxy) is 1. The van der Waals surface area contributed by atoms with E-state index in [4.69, 9.17) is 5.11 Å². The number of aliphatic hydroxyl groups is 1. The second kappa shape index (κ2) is 19.1. The van der Waals surface area contributed by atoms with E-state index >= 15 is 0 Å². The van der Waals surface area contributed by atoms with Gasteiger partial charge in [0.25, 0.3) is 0 Å². The van der Waals surface area contributed by atoms with Crippen molar-refractivity contribution in [1.29, 1.82) is 0 Å². The average molecular weight is 296 g/mol. The summed E-state index contributed by atoms with van der Waals surface area (Å²) in [5, 5.41) is 29.7. The van der Waals surface area contributed by atoms with Gasteiger partial charge >= 0.3 is 56.6 Å². The Bertz CT molecular complexity index is 310. The van der Waals surface area contributed by atoms with Crippen molar-refractivity contribution in [1.82, 2.24) is 9.80 Å². The summed E-state index contributed by atoms with van der Waals surface area (Å²) in [6, 6.07) is 0. The van der Waals surface area contributed by atoms with Crippen molar-refractivity contribution in [3.8, 4) is 0 Å². The van der Waals surface area contributed by atoms with Crippen LogP contribution in [0.5, 0.6) is 0 Å². The fourth-order valence-corrected chi connectivity index (χ4v) is 1.37.